The van der Waals surface area contributed by atoms with Crippen LogP contribution in [0.3, 0.4) is 0 Å². The first-order valence-corrected chi connectivity index (χ1v) is 8.28. The van der Waals surface area contributed by atoms with Gasteiger partial charge in [-0.05, 0) is 48.2 Å². The van der Waals surface area contributed by atoms with Crippen LogP contribution in [0, 0.1) is 0 Å². The van der Waals surface area contributed by atoms with Crippen LogP contribution < -0.4 is 4.72 Å². The van der Waals surface area contributed by atoms with Crippen LogP contribution in [0.2, 0.25) is 5.02 Å². The molecule has 1 aromatic rings. The summed E-state index contributed by atoms with van der Waals surface area (Å²) in [5.41, 5.74) is -0.276. The third-order valence-corrected chi connectivity index (χ3v) is 7.31. The second-order valence-corrected chi connectivity index (χ2v) is 8.89. The number of sulfonamides is 1. The Bertz CT molecular complexity index is 488. The molecule has 0 aromatic carbocycles. The molecule has 1 aliphatic carbocycles. The predicted molar refractivity (Wildman–Crippen MR) is 69.6 cm³/mol. The Kier molecular flexibility index (Phi) is 3.40. The van der Waals surface area contributed by atoms with Crippen molar-refractivity contribution in [2.75, 3.05) is 0 Å². The first kappa shape index (κ1) is 12.8. The molecule has 0 atom stereocenters. The smallest absolute Gasteiger partial charge is 0.206 e. The minimum Gasteiger partial charge on any atom is -0.206 e. The number of thiophene rings is 1. The maximum atomic E-state index is 12.0. The largest absolute Gasteiger partial charge is 0.250 e. The minimum atomic E-state index is -3.43. The molecule has 0 amide bonds. The number of rotatable bonds is 3. The van der Waals surface area contributed by atoms with Crippen molar-refractivity contribution in [2.24, 2.45) is 0 Å². The van der Waals surface area contributed by atoms with E-state index in [1.165, 1.54) is 6.07 Å². The third-order valence-electron chi connectivity index (χ3n) is 2.73. The van der Waals surface area contributed by atoms with E-state index in [0.29, 0.717) is 8.81 Å². The van der Waals surface area contributed by atoms with Gasteiger partial charge in [-0.1, -0.05) is 11.6 Å². The van der Waals surface area contributed by atoms with Crippen molar-refractivity contribution in [3.63, 3.8) is 0 Å². The van der Waals surface area contributed by atoms with Crippen LogP contribution in [0.15, 0.2) is 14.1 Å². The summed E-state index contributed by atoms with van der Waals surface area (Å²) in [5, 5.41) is 0.434. The highest BCUT2D eigenvalue weighted by molar-refractivity contribution is 9.11. The molecule has 1 aliphatic rings. The van der Waals surface area contributed by atoms with Gasteiger partial charge in [0.15, 0.2) is 0 Å². The molecule has 0 radical (unpaired) electrons. The zero-order chi connectivity index (χ0) is 12.0. The van der Waals surface area contributed by atoms with E-state index in [9.17, 15) is 8.42 Å². The molecule has 1 heterocycles. The molecule has 16 heavy (non-hydrogen) atoms. The Hall–Kier alpha value is 0.380. The zero-order valence-electron chi connectivity index (χ0n) is 8.59. The summed E-state index contributed by atoms with van der Waals surface area (Å²) in [6.45, 7) is 1.93. The van der Waals surface area contributed by atoms with Crippen LogP contribution in [0.1, 0.15) is 26.2 Å². The van der Waals surface area contributed by atoms with Gasteiger partial charge in [-0.15, -0.1) is 11.3 Å². The molecule has 1 N–H and O–H groups in total. The Morgan fingerprint density at radius 3 is 2.56 bits per heavy atom. The van der Waals surface area contributed by atoms with Crippen LogP contribution in [0.5, 0.6) is 0 Å². The van der Waals surface area contributed by atoms with Crippen molar-refractivity contribution in [1.29, 1.82) is 0 Å². The second-order valence-electron chi connectivity index (χ2n) is 4.21. The van der Waals surface area contributed by atoms with Crippen LogP contribution in [0.4, 0.5) is 0 Å². The van der Waals surface area contributed by atoms with E-state index in [-0.39, 0.29) is 9.75 Å². The molecule has 1 saturated carbocycles. The van der Waals surface area contributed by atoms with Crippen molar-refractivity contribution in [2.45, 2.75) is 35.9 Å². The maximum absolute atomic E-state index is 12.0. The summed E-state index contributed by atoms with van der Waals surface area (Å²) in [4.78, 5) is 0. The lowest BCUT2D eigenvalue weighted by Gasteiger charge is -2.38. The van der Waals surface area contributed by atoms with Crippen LogP contribution in [0.25, 0.3) is 0 Å². The van der Waals surface area contributed by atoms with Crippen LogP contribution in [-0.2, 0) is 10.0 Å². The van der Waals surface area contributed by atoms with E-state index in [1.54, 1.807) is 0 Å². The average Bonchev–Trinajstić information content (AvgIpc) is 2.44. The topological polar surface area (TPSA) is 46.2 Å². The maximum Gasteiger partial charge on any atom is 0.250 e. The highest BCUT2D eigenvalue weighted by Crippen LogP contribution is 2.37. The summed E-state index contributed by atoms with van der Waals surface area (Å²) in [5.74, 6) is 0. The van der Waals surface area contributed by atoms with Gasteiger partial charge in [0, 0.05) is 5.54 Å². The molecule has 0 saturated heterocycles. The van der Waals surface area contributed by atoms with Gasteiger partial charge in [-0.25, -0.2) is 13.1 Å². The molecule has 2 rings (SSSR count). The Morgan fingerprint density at radius 1 is 1.56 bits per heavy atom. The summed E-state index contributed by atoms with van der Waals surface area (Å²) >= 11 is 10.2. The number of nitrogens with one attached hydrogen (secondary N) is 1. The lowest BCUT2D eigenvalue weighted by molar-refractivity contribution is 0.248. The molecule has 3 nitrogen and oxygen atoms in total. The Labute approximate surface area is 112 Å². The molecule has 0 unspecified atom stereocenters. The van der Waals surface area contributed by atoms with Crippen molar-refractivity contribution in [1.82, 2.24) is 4.72 Å². The Balaban J connectivity index is 2.25. The third kappa shape index (κ3) is 2.46. The van der Waals surface area contributed by atoms with Crippen molar-refractivity contribution >= 4 is 48.9 Å². The first-order chi connectivity index (χ1) is 7.32. The van der Waals surface area contributed by atoms with Gasteiger partial charge in [0.05, 0.1) is 8.81 Å². The first-order valence-electron chi connectivity index (χ1n) is 4.81. The SMILES string of the molecule is CC1(NS(=O)(=O)c2cc(Cl)c(Br)s2)CCC1. The van der Waals surface area contributed by atoms with Crippen LogP contribution in [-0.4, -0.2) is 14.0 Å². The summed E-state index contributed by atoms with van der Waals surface area (Å²) in [6, 6.07) is 1.47. The van der Waals surface area contributed by atoms with Gasteiger partial charge in [0.1, 0.15) is 4.21 Å². The van der Waals surface area contributed by atoms with E-state index >= 15 is 0 Å². The number of hydrogen-bond donors (Lipinski definition) is 1. The number of hydrogen-bond acceptors (Lipinski definition) is 3. The van der Waals surface area contributed by atoms with E-state index in [0.717, 1.165) is 30.6 Å². The second kappa shape index (κ2) is 4.24. The molecule has 0 aliphatic heterocycles. The summed E-state index contributed by atoms with van der Waals surface area (Å²) in [7, 11) is -3.43. The average molecular weight is 345 g/mol. The van der Waals surface area contributed by atoms with Gasteiger partial charge in [0.25, 0.3) is 10.0 Å². The van der Waals surface area contributed by atoms with Crippen molar-refractivity contribution in [3.05, 3.63) is 14.9 Å². The normalized spacial score (nSPS) is 19.4. The summed E-state index contributed by atoms with van der Waals surface area (Å²) in [6.07, 6.45) is 2.87. The molecule has 1 fully saturated rings. The zero-order valence-corrected chi connectivity index (χ0v) is 12.6. The molecular formula is C9H11BrClNO2S2. The van der Waals surface area contributed by atoms with Gasteiger partial charge in [-0.3, -0.25) is 0 Å². The van der Waals surface area contributed by atoms with E-state index in [4.69, 9.17) is 11.6 Å². The lowest BCUT2D eigenvalue weighted by Crippen LogP contribution is -2.50. The van der Waals surface area contributed by atoms with Crippen molar-refractivity contribution in [3.8, 4) is 0 Å². The minimum absolute atomic E-state index is 0.262. The monoisotopic (exact) mass is 343 g/mol. The Morgan fingerprint density at radius 2 is 2.19 bits per heavy atom. The van der Waals surface area contributed by atoms with E-state index in [2.05, 4.69) is 20.7 Å². The molecule has 7 heteroatoms. The fourth-order valence-electron chi connectivity index (χ4n) is 1.64. The molecular weight excluding hydrogens is 334 g/mol. The van der Waals surface area contributed by atoms with E-state index < -0.39 is 10.0 Å². The predicted octanol–water partition coefficient (Wildman–Crippen LogP) is 3.38. The lowest BCUT2D eigenvalue weighted by atomic mass is 9.80. The fourth-order valence-corrected chi connectivity index (χ4v) is 5.51. The van der Waals surface area contributed by atoms with E-state index in [1.807, 2.05) is 6.92 Å². The van der Waals surface area contributed by atoms with Crippen molar-refractivity contribution < 1.29 is 8.42 Å². The molecule has 90 valence electrons. The highest BCUT2D eigenvalue weighted by Gasteiger charge is 2.36. The standard InChI is InChI=1S/C9H11BrClNO2S2/c1-9(3-2-4-9)12-16(13,14)7-5-6(11)8(10)15-7/h5,12H,2-4H2,1H3. The van der Waals surface area contributed by atoms with Crippen LogP contribution >= 0.6 is 38.9 Å². The van der Waals surface area contributed by atoms with Gasteiger partial charge >= 0.3 is 0 Å². The van der Waals surface area contributed by atoms with Gasteiger partial charge in [-0.2, -0.15) is 0 Å². The fraction of sp³-hybridized carbons (Fsp3) is 0.556. The summed E-state index contributed by atoms with van der Waals surface area (Å²) < 4.78 is 27.7. The number of halogens is 2. The molecule has 0 spiro atoms. The van der Waals surface area contributed by atoms with Gasteiger partial charge in [0.2, 0.25) is 0 Å². The molecule has 1 aromatic heterocycles. The highest BCUT2D eigenvalue weighted by atomic mass is 79.9. The quantitative estimate of drug-likeness (QED) is 0.913. The van der Waals surface area contributed by atoms with Gasteiger partial charge < -0.3 is 0 Å². The molecule has 0 bridgehead atoms.